The van der Waals surface area contributed by atoms with Gasteiger partial charge >= 0.3 is 29.9 Å². The number of alkyl halides is 3. The summed E-state index contributed by atoms with van der Waals surface area (Å²) < 4.78 is 87.1. The molecule has 2 aromatic carbocycles. The summed E-state index contributed by atoms with van der Waals surface area (Å²) in [5.41, 5.74) is 0.157. The van der Waals surface area contributed by atoms with Crippen LogP contribution in [-0.2, 0) is 49.7 Å². The normalized spacial score (nSPS) is 12.9. The summed E-state index contributed by atoms with van der Waals surface area (Å²) in [5, 5.41) is 17.1. The number of aliphatic carboxylic acids is 1. The van der Waals surface area contributed by atoms with Gasteiger partial charge in [-0.05, 0) is 54.8 Å². The van der Waals surface area contributed by atoms with E-state index in [4.69, 9.17) is 49.1 Å². The monoisotopic (exact) mass is 1000 g/mol. The van der Waals surface area contributed by atoms with Gasteiger partial charge in [0.2, 0.25) is 5.95 Å². The van der Waals surface area contributed by atoms with Gasteiger partial charge in [-0.15, -0.1) is 11.5 Å². The maximum Gasteiger partial charge on any atom is 0.389 e. The summed E-state index contributed by atoms with van der Waals surface area (Å²) in [6.45, 7) is 1.78. The minimum Gasteiger partial charge on any atom is -0.778 e. The molecule has 5 N–H and O–H groups in total. The Balaban J connectivity index is 0.000000345. The molecule has 20 nitrogen and oxygen atoms in total. The number of methoxy groups -OCH3 is 1. The van der Waals surface area contributed by atoms with E-state index in [1.165, 1.54) is 43.0 Å². The average Bonchev–Trinajstić information content (AvgIpc) is 3.51. The van der Waals surface area contributed by atoms with Crippen LogP contribution in [0.1, 0.15) is 36.5 Å². The molecule has 5 rings (SSSR count). The van der Waals surface area contributed by atoms with Crippen molar-refractivity contribution in [3.63, 3.8) is 0 Å². The van der Waals surface area contributed by atoms with Crippen molar-refractivity contribution in [1.82, 2.24) is 39.3 Å². The molecule has 2 aromatic heterocycles. The number of aryl methyl sites for hydroxylation is 3. The van der Waals surface area contributed by atoms with E-state index in [0.717, 1.165) is 31.2 Å². The lowest BCUT2D eigenvalue weighted by Gasteiger charge is -2.14. The Bertz CT molecular complexity index is 2480. The van der Waals surface area contributed by atoms with Crippen LogP contribution in [0.4, 0.5) is 23.9 Å². The van der Waals surface area contributed by atoms with E-state index in [0.29, 0.717) is 38.9 Å². The molecule has 0 saturated heterocycles. The molecule has 64 heavy (non-hydrogen) atoms. The number of halogens is 5. The number of aromatic nitrogens is 6. The number of carbonyl (C=O) groups excluding carboxylic acids is 1. The number of anilines is 1. The van der Waals surface area contributed by atoms with Gasteiger partial charge in [-0.2, -0.15) is 32.8 Å². The number of rotatable bonds is 13. The average molecular weight is 1000 g/mol. The van der Waals surface area contributed by atoms with Crippen LogP contribution in [-0.4, -0.2) is 111 Å². The molecular weight excluding hydrogens is 957 g/mol. The molecule has 0 fully saturated rings. The van der Waals surface area contributed by atoms with Crippen LogP contribution in [0.5, 0.6) is 11.8 Å². The Kier molecular flexibility index (Phi) is 22.0. The largest absolute Gasteiger partial charge is 0.778 e. The van der Waals surface area contributed by atoms with Crippen LogP contribution in [0.25, 0.3) is 5.69 Å². The topological polar surface area (TPSA) is 282 Å². The first-order valence-electron chi connectivity index (χ1n) is 18.2. The maximum atomic E-state index is 12.5. The van der Waals surface area contributed by atoms with Gasteiger partial charge < -0.3 is 28.9 Å². The first-order valence-corrected chi connectivity index (χ1v) is 24.7. The van der Waals surface area contributed by atoms with Crippen molar-refractivity contribution in [2.24, 2.45) is 0 Å². The van der Waals surface area contributed by atoms with E-state index in [1.807, 2.05) is 5.32 Å². The van der Waals surface area contributed by atoms with Gasteiger partial charge in [0.05, 0.1) is 59.3 Å². The third-order valence-electron chi connectivity index (χ3n) is 7.40. The number of carboxylic acid groups (broad SMARTS) is 1. The molecule has 0 aliphatic carbocycles. The third kappa shape index (κ3) is 19.9. The van der Waals surface area contributed by atoms with Crippen LogP contribution in [0.15, 0.2) is 46.1 Å². The van der Waals surface area contributed by atoms with Crippen LogP contribution >= 0.6 is 30.8 Å². The molecular formula is C36H45Cl2F3N9O11PS2. The van der Waals surface area contributed by atoms with Crippen molar-refractivity contribution >= 4 is 69.7 Å². The van der Waals surface area contributed by atoms with Crippen LogP contribution < -0.4 is 35.4 Å². The molecule has 1 aliphatic heterocycles. The zero-order chi connectivity index (χ0) is 48.4. The Hall–Kier alpha value is -4.93. The predicted molar refractivity (Wildman–Crippen MR) is 232 cm³/mol. The lowest BCUT2D eigenvalue weighted by molar-refractivity contribution is -0.193. The van der Waals surface area contributed by atoms with Crippen molar-refractivity contribution in [2.75, 3.05) is 50.6 Å². The van der Waals surface area contributed by atoms with Crippen LogP contribution in [0.2, 0.25) is 10.0 Å². The number of carbonyl (C=O) groups is 2. The lowest BCUT2D eigenvalue weighted by atomic mass is 10.1. The van der Waals surface area contributed by atoms with Crippen LogP contribution in [0, 0.1) is 19.3 Å². The summed E-state index contributed by atoms with van der Waals surface area (Å²) >= 11 is 12.3. The zero-order valence-electron chi connectivity index (χ0n) is 34.8. The molecule has 0 radical (unpaired) electrons. The first-order chi connectivity index (χ1) is 29.8. The molecule has 2 amide bonds. The van der Waals surface area contributed by atoms with Gasteiger partial charge in [-0.1, -0.05) is 47.3 Å². The Morgan fingerprint density at radius 1 is 1.11 bits per heavy atom. The molecule has 352 valence electrons. The SMILES string of the molecule is C#CCOc1cc(-n2nc3n(c2=O)CCCC3)c(Cl)cc1Cl.COc1nc(C)nc(NC(=O)NS(=O)(=O)c2ccccc2CCC(F)(F)F)n1.C[S+](C)C.O=C(O)CNCP(=O)([O-])O. The Morgan fingerprint density at radius 3 is 2.34 bits per heavy atom. The molecule has 1 aliphatic rings. The van der Waals surface area contributed by atoms with E-state index >= 15 is 0 Å². The second-order valence-electron chi connectivity index (χ2n) is 13.3. The van der Waals surface area contributed by atoms with E-state index < -0.39 is 66.4 Å². The van der Waals surface area contributed by atoms with Gasteiger partial charge in [-0.25, -0.2) is 22.7 Å². The van der Waals surface area contributed by atoms with E-state index in [1.54, 1.807) is 15.4 Å². The molecule has 1 atom stereocenters. The summed E-state index contributed by atoms with van der Waals surface area (Å²) in [6, 6.07) is 6.92. The smallest absolute Gasteiger partial charge is 0.389 e. The number of hydrogen-bond donors (Lipinski definition) is 5. The molecule has 0 saturated carbocycles. The number of carboxylic acids is 1. The number of urea groups is 1. The fraction of sp³-hybridized carbons (Fsp3) is 0.417. The van der Waals surface area contributed by atoms with Crippen molar-refractivity contribution in [3.05, 3.63) is 74.1 Å². The van der Waals surface area contributed by atoms with Crippen molar-refractivity contribution in [1.29, 1.82) is 0 Å². The molecule has 0 bridgehead atoms. The van der Waals surface area contributed by atoms with E-state index in [-0.39, 0.29) is 35.6 Å². The summed E-state index contributed by atoms with van der Waals surface area (Å²) in [6.07, 6.45) is 7.65. The minimum absolute atomic E-state index is 0.0715. The van der Waals surface area contributed by atoms with Gasteiger partial charge in [0, 0.05) is 25.5 Å². The zero-order valence-corrected chi connectivity index (χ0v) is 38.9. The van der Waals surface area contributed by atoms with Gasteiger partial charge in [0.1, 0.15) is 31.6 Å². The number of sulfonamides is 1. The number of terminal acetylenes is 1. The number of benzene rings is 2. The highest BCUT2D eigenvalue weighted by Gasteiger charge is 2.29. The van der Waals surface area contributed by atoms with Crippen molar-refractivity contribution in [3.8, 4) is 29.8 Å². The Labute approximate surface area is 378 Å². The maximum absolute atomic E-state index is 12.5. The number of nitrogens with one attached hydrogen (secondary N) is 3. The van der Waals surface area contributed by atoms with Gasteiger partial charge in [0.25, 0.3) is 10.0 Å². The van der Waals surface area contributed by atoms with E-state index in [9.17, 15) is 45.4 Å². The first kappa shape index (κ1) is 55.2. The number of hydrogen-bond acceptors (Lipinski definition) is 14. The molecule has 28 heteroatoms. The third-order valence-corrected chi connectivity index (χ3v) is 10.1. The molecule has 0 spiro atoms. The molecule has 4 aromatic rings. The summed E-state index contributed by atoms with van der Waals surface area (Å²) in [7, 11) is -6.85. The van der Waals surface area contributed by atoms with Gasteiger partial charge in [-0.3, -0.25) is 20.0 Å². The number of ether oxygens (including phenoxy) is 2. The second-order valence-corrected chi connectivity index (χ2v) is 19.8. The predicted octanol–water partition coefficient (Wildman–Crippen LogP) is 3.54. The highest BCUT2D eigenvalue weighted by molar-refractivity contribution is 7.94. The fourth-order valence-electron chi connectivity index (χ4n) is 4.93. The Morgan fingerprint density at radius 2 is 1.77 bits per heavy atom. The van der Waals surface area contributed by atoms with E-state index in [2.05, 4.69) is 50.1 Å². The van der Waals surface area contributed by atoms with Crippen molar-refractivity contribution < 1.29 is 60.1 Å². The fourth-order valence-corrected chi connectivity index (χ4v) is 7.02. The highest BCUT2D eigenvalue weighted by atomic mass is 35.5. The summed E-state index contributed by atoms with van der Waals surface area (Å²) in [4.78, 5) is 63.2. The molecule has 1 unspecified atom stereocenters. The van der Waals surface area contributed by atoms with Crippen molar-refractivity contribution in [2.45, 2.75) is 56.6 Å². The summed E-state index contributed by atoms with van der Waals surface area (Å²) in [5.74, 6) is 2.29. The number of fused-ring (bicyclic) bond motifs is 1. The number of amides is 2. The van der Waals surface area contributed by atoms with Crippen LogP contribution in [0.3, 0.4) is 0 Å². The quantitative estimate of drug-likeness (QED) is 0.0728. The van der Waals surface area contributed by atoms with Gasteiger partial charge in [0.15, 0.2) is 0 Å². The lowest BCUT2D eigenvalue weighted by Crippen LogP contribution is -2.35. The molecule has 3 heterocycles. The number of nitrogens with zero attached hydrogens (tertiary/aromatic N) is 6. The minimum atomic E-state index is -4.45. The highest BCUT2D eigenvalue weighted by Crippen LogP contribution is 2.33. The standard InChI is InChI=1S/C15H13Cl2N3O2.C15H16F3N5O4S.C3H8NO5P.C3H9S/c1-2-7-22-13-9-12(10(16)8-11(13)17)20-15(21)19-6-4-3-5-14(19)18-20;1-9-19-12(22-14(20-9)27-2)21-13(24)23-28(25,26)11-6-4-3-5-10(11)7-8-15(16,17)18;5-3(6)1-4-2-10(7,8)9;1-4(2)3/h1,8-9H,3-7H2;3-6H,7-8H2,1-2H3,(H2,19,20,21,22,23,24);4H,1-2H2,(H,5,6)(H2,7,8,9);1-3H3/q;;;+1/p-1. The second kappa shape index (κ2) is 25.5.